The molecule has 0 saturated heterocycles. The van der Waals surface area contributed by atoms with Gasteiger partial charge in [-0.05, 0) is 0 Å². The fourth-order valence-corrected chi connectivity index (χ4v) is 0.962. The summed E-state index contributed by atoms with van der Waals surface area (Å²) in [6.45, 7) is 0. The second kappa shape index (κ2) is 18.9. The minimum Gasteiger partial charge on any atom is -1.00 e. The van der Waals surface area contributed by atoms with E-state index in [1.807, 2.05) is 91.0 Å². The third-order valence-corrected chi connectivity index (χ3v) is 1.67. The zero-order valence-electron chi connectivity index (χ0n) is 9.92. The van der Waals surface area contributed by atoms with Crippen molar-refractivity contribution < 1.29 is 51.0 Å². The quantitative estimate of drug-likeness (QED) is 0.418. The van der Waals surface area contributed by atoms with E-state index in [4.69, 9.17) is 0 Å². The van der Waals surface area contributed by atoms with Gasteiger partial charge in [0.05, 0.1) is 0 Å². The van der Waals surface area contributed by atoms with Crippen LogP contribution in [0.2, 0.25) is 0 Å². The van der Waals surface area contributed by atoms with Crippen molar-refractivity contribution in [1.82, 2.24) is 0 Å². The maximum atomic E-state index is 2.00. The van der Waals surface area contributed by atoms with Gasteiger partial charge in [-0.1, -0.05) is 0 Å². The van der Waals surface area contributed by atoms with Crippen molar-refractivity contribution in [2.75, 3.05) is 0 Å². The number of hydrogen-bond acceptors (Lipinski definition) is 0. The molecule has 0 saturated carbocycles. The molecule has 0 nitrogen and oxygen atoms in total. The Kier molecular flexibility index (Phi) is 23.8. The van der Waals surface area contributed by atoms with Crippen LogP contribution in [0.1, 0.15) is 0 Å². The third-order valence-electron chi connectivity index (χ3n) is 1.67. The maximum Gasteiger partial charge on any atom is 2.00 e. The molecule has 3 heteroatoms. The fourth-order valence-electron chi connectivity index (χ4n) is 0.962. The second-order valence-electron chi connectivity index (χ2n) is 2.89. The molecule has 0 radical (unpaired) electrons. The van der Waals surface area contributed by atoms with E-state index in [1.165, 1.54) is 0 Å². The van der Waals surface area contributed by atoms with Gasteiger partial charge in [0.15, 0.2) is 0 Å². The van der Waals surface area contributed by atoms with Crippen LogP contribution in [0.3, 0.4) is 0 Å². The first kappa shape index (κ1) is 22.7. The Bertz CT molecular complexity index is 246. The van der Waals surface area contributed by atoms with Crippen LogP contribution in [-0.2, 0) is 26.2 Å². The maximum absolute atomic E-state index is 2.00. The van der Waals surface area contributed by atoms with E-state index < -0.39 is 0 Å². The van der Waals surface area contributed by atoms with Gasteiger partial charge in [-0.15, -0.1) is 0 Å². The molecule has 0 aliphatic rings. The summed E-state index contributed by atoms with van der Waals surface area (Å²) in [6, 6.07) is 30.0. The molecule has 0 fully saturated rings. The molecule has 0 bridgehead atoms. The van der Waals surface area contributed by atoms with Crippen LogP contribution in [0.15, 0.2) is 91.0 Å². The molecule has 18 heavy (non-hydrogen) atoms. The minimum absolute atomic E-state index is 0. The van der Waals surface area contributed by atoms with Crippen LogP contribution in [0.5, 0.6) is 0 Å². The van der Waals surface area contributed by atoms with Gasteiger partial charge in [-0.3, -0.25) is 0 Å². The molecule has 0 atom stereocenters. The summed E-state index contributed by atoms with van der Waals surface area (Å²) in [5.74, 6) is 0. The summed E-state index contributed by atoms with van der Waals surface area (Å²) in [4.78, 5) is 0. The van der Waals surface area contributed by atoms with Gasteiger partial charge in [0.2, 0.25) is 0 Å². The summed E-state index contributed by atoms with van der Waals surface area (Å²) < 4.78 is 0. The molecule has 0 N–H and O–H groups in total. The smallest absolute Gasteiger partial charge is 1.00 e. The van der Waals surface area contributed by atoms with Crippen molar-refractivity contribution in [2.24, 2.45) is 0 Å². The van der Waals surface area contributed by atoms with E-state index >= 15 is 0 Å². The van der Waals surface area contributed by atoms with E-state index in [1.54, 1.807) is 0 Å². The SMILES string of the molecule is [Cl-].[Cl-].[Zr+2].c1cc[cH-]c1.c1cc[cH-]c1.c1cc[cH-]c1. The summed E-state index contributed by atoms with van der Waals surface area (Å²) in [5.41, 5.74) is 0. The Hall–Kier alpha value is -0.487. The van der Waals surface area contributed by atoms with Gasteiger partial charge in [0.1, 0.15) is 0 Å². The van der Waals surface area contributed by atoms with Crippen molar-refractivity contribution in [3.8, 4) is 0 Å². The van der Waals surface area contributed by atoms with E-state index in [0.29, 0.717) is 0 Å². The Labute approximate surface area is 141 Å². The third kappa shape index (κ3) is 15.5. The molecule has 3 aromatic carbocycles. The van der Waals surface area contributed by atoms with Gasteiger partial charge >= 0.3 is 26.2 Å². The summed E-state index contributed by atoms with van der Waals surface area (Å²) in [6.07, 6.45) is 0. The summed E-state index contributed by atoms with van der Waals surface area (Å²) in [5, 5.41) is 0. The average Bonchev–Trinajstić information content (AvgIpc) is 3.09. The van der Waals surface area contributed by atoms with Gasteiger partial charge in [-0.2, -0.15) is 54.6 Å². The number of halogens is 2. The van der Waals surface area contributed by atoms with Crippen molar-refractivity contribution in [3.63, 3.8) is 0 Å². The van der Waals surface area contributed by atoms with E-state index in [9.17, 15) is 0 Å². The molecule has 0 aliphatic heterocycles. The Morgan fingerprint density at radius 3 is 0.611 bits per heavy atom. The predicted molar refractivity (Wildman–Crippen MR) is 66.1 cm³/mol. The van der Waals surface area contributed by atoms with Crippen molar-refractivity contribution >= 4 is 0 Å². The first-order chi connectivity index (χ1) is 7.50. The molecule has 3 aromatic rings. The minimum atomic E-state index is 0. The molecule has 0 spiro atoms. The molecule has 0 unspecified atom stereocenters. The molecule has 0 heterocycles. The largest absolute Gasteiger partial charge is 2.00 e. The van der Waals surface area contributed by atoms with Gasteiger partial charge in [0.25, 0.3) is 0 Å². The average molecular weight is 357 g/mol. The van der Waals surface area contributed by atoms with E-state index in [-0.39, 0.29) is 51.0 Å². The first-order valence-electron chi connectivity index (χ1n) is 5.00. The van der Waals surface area contributed by atoms with Gasteiger partial charge < -0.3 is 24.8 Å². The van der Waals surface area contributed by atoms with Gasteiger partial charge in [-0.25, -0.2) is 36.4 Å². The summed E-state index contributed by atoms with van der Waals surface area (Å²) in [7, 11) is 0. The molecule has 0 aromatic heterocycles. The molecule has 0 aliphatic carbocycles. The second-order valence-corrected chi connectivity index (χ2v) is 2.89. The van der Waals surface area contributed by atoms with Crippen LogP contribution in [0.25, 0.3) is 0 Å². The van der Waals surface area contributed by atoms with Crippen LogP contribution in [0.4, 0.5) is 0 Å². The van der Waals surface area contributed by atoms with Crippen LogP contribution >= 0.6 is 0 Å². The van der Waals surface area contributed by atoms with Gasteiger partial charge in [0, 0.05) is 0 Å². The number of rotatable bonds is 0. The standard InChI is InChI=1S/3C5H5.2ClH.Zr/c3*1-2-4-5-3-1;;;/h3*1-5H;2*1H;/q3*-1;;;+2/p-2. The molecule has 0 amide bonds. The zero-order valence-corrected chi connectivity index (χ0v) is 13.9. The molecule has 96 valence electrons. The van der Waals surface area contributed by atoms with Crippen LogP contribution in [0, 0.1) is 0 Å². The first-order valence-corrected chi connectivity index (χ1v) is 5.00. The Morgan fingerprint density at radius 2 is 0.556 bits per heavy atom. The summed E-state index contributed by atoms with van der Waals surface area (Å²) >= 11 is 0. The van der Waals surface area contributed by atoms with Crippen LogP contribution < -0.4 is 24.8 Å². The predicted octanol–water partition coefficient (Wildman–Crippen LogP) is -1.78. The van der Waals surface area contributed by atoms with Crippen molar-refractivity contribution in [3.05, 3.63) is 91.0 Å². The Balaban J connectivity index is -0.000000173. The monoisotopic (exact) mass is 355 g/mol. The molecular weight excluding hydrogens is 342 g/mol. The molecule has 3 rings (SSSR count). The van der Waals surface area contributed by atoms with Crippen molar-refractivity contribution in [1.29, 1.82) is 0 Å². The normalized spacial score (nSPS) is 6.67. The fraction of sp³-hybridized carbons (Fsp3) is 0. The Morgan fingerprint density at radius 1 is 0.389 bits per heavy atom. The van der Waals surface area contributed by atoms with E-state index in [2.05, 4.69) is 0 Å². The van der Waals surface area contributed by atoms with E-state index in [0.717, 1.165) is 0 Å². The topological polar surface area (TPSA) is 0 Å². The van der Waals surface area contributed by atoms with Crippen LogP contribution in [-0.4, -0.2) is 0 Å². The molecular formula is C15H15Cl2Zr-3. The zero-order chi connectivity index (χ0) is 10.6. The number of hydrogen-bond donors (Lipinski definition) is 0. The van der Waals surface area contributed by atoms with Crippen molar-refractivity contribution in [2.45, 2.75) is 0 Å².